The lowest BCUT2D eigenvalue weighted by atomic mass is 10.0. The molecule has 0 saturated carbocycles. The SMILES string of the molecule is CNC(=O)CN(C)C(=O)c1cn(-c2ccccc2)nc1-c1ccccc1C. The second kappa shape index (κ2) is 7.86. The number of rotatable bonds is 5. The minimum Gasteiger partial charge on any atom is -0.358 e. The van der Waals surface area contributed by atoms with Crippen LogP contribution in [0.5, 0.6) is 0 Å². The molecule has 138 valence electrons. The summed E-state index contributed by atoms with van der Waals surface area (Å²) < 4.78 is 1.70. The highest BCUT2D eigenvalue weighted by atomic mass is 16.2. The Balaban J connectivity index is 2.08. The smallest absolute Gasteiger partial charge is 0.257 e. The third-order valence-corrected chi connectivity index (χ3v) is 4.37. The average Bonchev–Trinajstić information content (AvgIpc) is 3.13. The summed E-state index contributed by atoms with van der Waals surface area (Å²) in [7, 11) is 3.16. The van der Waals surface area contributed by atoms with Gasteiger partial charge in [0.1, 0.15) is 5.69 Å². The maximum absolute atomic E-state index is 13.0. The van der Waals surface area contributed by atoms with Gasteiger partial charge in [0.05, 0.1) is 17.8 Å². The van der Waals surface area contributed by atoms with Crippen LogP contribution in [0.3, 0.4) is 0 Å². The number of carbonyl (C=O) groups is 2. The Kier molecular flexibility index (Phi) is 5.35. The van der Waals surface area contributed by atoms with Gasteiger partial charge in [0, 0.05) is 25.9 Å². The number of amides is 2. The first kappa shape index (κ1) is 18.4. The number of hydrogen-bond acceptors (Lipinski definition) is 3. The molecule has 6 heteroatoms. The van der Waals surface area contributed by atoms with E-state index in [9.17, 15) is 9.59 Å². The van der Waals surface area contributed by atoms with E-state index in [2.05, 4.69) is 10.4 Å². The van der Waals surface area contributed by atoms with Crippen LogP contribution < -0.4 is 5.32 Å². The van der Waals surface area contributed by atoms with Crippen molar-refractivity contribution in [3.63, 3.8) is 0 Å². The van der Waals surface area contributed by atoms with Crippen LogP contribution in [0.2, 0.25) is 0 Å². The van der Waals surface area contributed by atoms with Crippen molar-refractivity contribution in [2.75, 3.05) is 20.6 Å². The summed E-state index contributed by atoms with van der Waals surface area (Å²) in [6.07, 6.45) is 1.72. The minimum atomic E-state index is -0.251. The summed E-state index contributed by atoms with van der Waals surface area (Å²) in [4.78, 5) is 26.1. The van der Waals surface area contributed by atoms with Crippen molar-refractivity contribution in [3.8, 4) is 16.9 Å². The van der Waals surface area contributed by atoms with Crippen molar-refractivity contribution in [2.24, 2.45) is 0 Å². The van der Waals surface area contributed by atoms with E-state index >= 15 is 0 Å². The first-order chi connectivity index (χ1) is 13.0. The number of nitrogens with zero attached hydrogens (tertiary/aromatic N) is 3. The Labute approximate surface area is 158 Å². The zero-order chi connectivity index (χ0) is 19.4. The van der Waals surface area contributed by atoms with Gasteiger partial charge in [0.25, 0.3) is 5.91 Å². The van der Waals surface area contributed by atoms with Gasteiger partial charge < -0.3 is 10.2 Å². The van der Waals surface area contributed by atoms with Crippen LogP contribution in [0, 0.1) is 6.92 Å². The molecule has 0 unspecified atom stereocenters. The molecule has 27 heavy (non-hydrogen) atoms. The Morgan fingerprint density at radius 3 is 2.41 bits per heavy atom. The minimum absolute atomic E-state index is 0.0148. The van der Waals surface area contributed by atoms with Crippen molar-refractivity contribution in [3.05, 3.63) is 71.9 Å². The fourth-order valence-electron chi connectivity index (χ4n) is 2.85. The van der Waals surface area contributed by atoms with Crippen LogP contribution >= 0.6 is 0 Å². The van der Waals surface area contributed by atoms with Crippen LogP contribution in [0.4, 0.5) is 0 Å². The molecule has 1 aromatic heterocycles. The highest BCUT2D eigenvalue weighted by Gasteiger charge is 2.23. The quantitative estimate of drug-likeness (QED) is 0.759. The fourth-order valence-corrected chi connectivity index (χ4v) is 2.85. The topological polar surface area (TPSA) is 67.2 Å². The number of aromatic nitrogens is 2. The van der Waals surface area contributed by atoms with Gasteiger partial charge in [-0.2, -0.15) is 5.10 Å². The zero-order valence-corrected chi connectivity index (χ0v) is 15.6. The highest BCUT2D eigenvalue weighted by molar-refractivity contribution is 6.01. The molecule has 1 heterocycles. The molecule has 2 aromatic carbocycles. The van der Waals surface area contributed by atoms with Crippen molar-refractivity contribution in [2.45, 2.75) is 6.92 Å². The van der Waals surface area contributed by atoms with E-state index in [1.54, 1.807) is 25.0 Å². The molecule has 3 rings (SSSR count). The molecule has 0 aliphatic rings. The van der Waals surface area contributed by atoms with Gasteiger partial charge in [0.2, 0.25) is 5.91 Å². The van der Waals surface area contributed by atoms with E-state index < -0.39 is 0 Å². The van der Waals surface area contributed by atoms with Gasteiger partial charge in [-0.15, -0.1) is 0 Å². The lowest BCUT2D eigenvalue weighted by molar-refractivity contribution is -0.121. The molecule has 0 spiro atoms. The molecule has 0 saturated heterocycles. The van der Waals surface area contributed by atoms with E-state index in [1.165, 1.54) is 4.90 Å². The van der Waals surface area contributed by atoms with Gasteiger partial charge in [-0.05, 0) is 24.6 Å². The average molecular weight is 362 g/mol. The molecule has 1 N–H and O–H groups in total. The van der Waals surface area contributed by atoms with E-state index in [-0.39, 0.29) is 18.4 Å². The van der Waals surface area contributed by atoms with Crippen LogP contribution in [-0.2, 0) is 4.79 Å². The monoisotopic (exact) mass is 362 g/mol. The van der Waals surface area contributed by atoms with E-state index in [0.717, 1.165) is 16.8 Å². The van der Waals surface area contributed by atoms with Gasteiger partial charge in [-0.25, -0.2) is 4.68 Å². The van der Waals surface area contributed by atoms with Crippen molar-refractivity contribution in [1.82, 2.24) is 20.0 Å². The van der Waals surface area contributed by atoms with Gasteiger partial charge in [-0.1, -0.05) is 42.5 Å². The molecule has 0 aliphatic heterocycles. The lowest BCUT2D eigenvalue weighted by Gasteiger charge is -2.16. The maximum atomic E-state index is 13.0. The third kappa shape index (κ3) is 3.89. The summed E-state index contributed by atoms with van der Waals surface area (Å²) >= 11 is 0. The fraction of sp³-hybridized carbons (Fsp3) is 0.190. The lowest BCUT2D eigenvalue weighted by Crippen LogP contribution is -2.37. The summed E-state index contributed by atoms with van der Waals surface area (Å²) in [5.74, 6) is -0.474. The Bertz CT molecular complexity index is 963. The number of carbonyl (C=O) groups excluding carboxylic acids is 2. The van der Waals surface area contributed by atoms with Gasteiger partial charge >= 0.3 is 0 Å². The number of nitrogens with one attached hydrogen (secondary N) is 1. The summed E-state index contributed by atoms with van der Waals surface area (Å²) in [6.45, 7) is 1.97. The molecular weight excluding hydrogens is 340 g/mol. The number of hydrogen-bond donors (Lipinski definition) is 1. The number of aryl methyl sites for hydroxylation is 1. The van der Waals surface area contributed by atoms with Crippen LogP contribution in [0.25, 0.3) is 16.9 Å². The van der Waals surface area contributed by atoms with Crippen LogP contribution in [0.1, 0.15) is 15.9 Å². The van der Waals surface area contributed by atoms with Crippen molar-refractivity contribution in [1.29, 1.82) is 0 Å². The Morgan fingerprint density at radius 1 is 1.07 bits per heavy atom. The largest absolute Gasteiger partial charge is 0.358 e. The van der Waals surface area contributed by atoms with Gasteiger partial charge in [0.15, 0.2) is 0 Å². The first-order valence-corrected chi connectivity index (χ1v) is 8.68. The normalized spacial score (nSPS) is 10.5. The molecule has 0 bridgehead atoms. The van der Waals surface area contributed by atoms with Crippen molar-refractivity contribution < 1.29 is 9.59 Å². The predicted octanol–water partition coefficient (Wildman–Crippen LogP) is 2.67. The second-order valence-electron chi connectivity index (χ2n) is 6.32. The van der Waals surface area contributed by atoms with Gasteiger partial charge in [-0.3, -0.25) is 9.59 Å². The number of likely N-dealkylation sites (N-methyl/N-ethyl adjacent to an activating group) is 2. The molecule has 0 radical (unpaired) electrons. The third-order valence-electron chi connectivity index (χ3n) is 4.37. The van der Waals surface area contributed by atoms with Crippen LogP contribution in [-0.4, -0.2) is 47.1 Å². The first-order valence-electron chi connectivity index (χ1n) is 8.68. The molecular formula is C21H22N4O2. The summed E-state index contributed by atoms with van der Waals surface area (Å²) in [6, 6.07) is 17.4. The second-order valence-corrected chi connectivity index (χ2v) is 6.32. The summed E-state index contributed by atoms with van der Waals surface area (Å²) in [5.41, 5.74) is 3.84. The van der Waals surface area contributed by atoms with Crippen LogP contribution in [0.15, 0.2) is 60.8 Å². The number of benzene rings is 2. The van der Waals surface area contributed by atoms with Crippen molar-refractivity contribution >= 4 is 11.8 Å². The Hall–Kier alpha value is -3.41. The maximum Gasteiger partial charge on any atom is 0.257 e. The van der Waals surface area contributed by atoms with E-state index in [0.29, 0.717) is 11.3 Å². The molecule has 6 nitrogen and oxygen atoms in total. The van der Waals surface area contributed by atoms with E-state index in [4.69, 9.17) is 0 Å². The number of para-hydroxylation sites is 1. The summed E-state index contributed by atoms with van der Waals surface area (Å²) in [5, 5.41) is 7.22. The van der Waals surface area contributed by atoms with E-state index in [1.807, 2.05) is 61.5 Å². The molecule has 0 aliphatic carbocycles. The molecule has 3 aromatic rings. The predicted molar refractivity (Wildman–Crippen MR) is 105 cm³/mol. The Morgan fingerprint density at radius 2 is 1.74 bits per heavy atom. The molecule has 2 amide bonds. The highest BCUT2D eigenvalue weighted by Crippen LogP contribution is 2.27. The molecule has 0 atom stereocenters. The molecule has 0 fully saturated rings. The standard InChI is InChI=1S/C21H22N4O2/c1-15-9-7-8-12-17(15)20-18(21(27)24(3)14-19(26)22-2)13-25(23-20)16-10-5-4-6-11-16/h4-13H,14H2,1-3H3,(H,22,26). The zero-order valence-electron chi connectivity index (χ0n) is 15.6.